The second-order valence-corrected chi connectivity index (χ2v) is 7.13. The van der Waals surface area contributed by atoms with E-state index in [9.17, 15) is 4.79 Å². The monoisotopic (exact) mass is 400 g/mol. The molecule has 0 aliphatic heterocycles. The van der Waals surface area contributed by atoms with Gasteiger partial charge in [0.1, 0.15) is 17.2 Å². The fourth-order valence-electron chi connectivity index (χ4n) is 2.18. The number of fused-ring (bicyclic) bond motifs is 1. The molecule has 0 N–H and O–H groups in total. The highest BCUT2D eigenvalue weighted by Crippen LogP contribution is 2.38. The first-order chi connectivity index (χ1) is 11.5. The molecule has 1 heterocycles. The van der Waals surface area contributed by atoms with E-state index < -0.39 is 5.97 Å². The van der Waals surface area contributed by atoms with Gasteiger partial charge < -0.3 is 9.47 Å². The van der Waals surface area contributed by atoms with Crippen LogP contribution in [0.2, 0.25) is 15.1 Å². The van der Waals surface area contributed by atoms with Crippen molar-refractivity contribution in [2.75, 3.05) is 7.11 Å². The molecule has 0 aliphatic rings. The summed E-state index contributed by atoms with van der Waals surface area (Å²) in [6.45, 7) is -0.0226. The van der Waals surface area contributed by atoms with Crippen molar-refractivity contribution in [3.8, 4) is 5.75 Å². The number of benzene rings is 2. The van der Waals surface area contributed by atoms with E-state index in [1.807, 2.05) is 12.1 Å². The van der Waals surface area contributed by atoms with Gasteiger partial charge in [0, 0.05) is 25.7 Å². The zero-order valence-corrected chi connectivity index (χ0v) is 15.5. The molecule has 7 heteroatoms. The number of ether oxygens (including phenoxy) is 2. The van der Waals surface area contributed by atoms with Crippen LogP contribution in [0.25, 0.3) is 10.1 Å². The minimum absolute atomic E-state index is 0.0226. The molecule has 0 radical (unpaired) electrons. The fraction of sp³-hybridized carbons (Fsp3) is 0.118. The summed E-state index contributed by atoms with van der Waals surface area (Å²) in [4.78, 5) is 12.7. The van der Waals surface area contributed by atoms with Gasteiger partial charge in [-0.15, -0.1) is 11.3 Å². The average molecular weight is 402 g/mol. The summed E-state index contributed by atoms with van der Waals surface area (Å²) in [5.41, 5.74) is 0.563. The molecule has 1 aromatic heterocycles. The zero-order chi connectivity index (χ0) is 17.3. The van der Waals surface area contributed by atoms with Crippen LogP contribution >= 0.6 is 46.1 Å². The number of methoxy groups -OCH3 is 1. The molecule has 0 amide bonds. The van der Waals surface area contributed by atoms with Crippen molar-refractivity contribution in [1.82, 2.24) is 0 Å². The Bertz CT molecular complexity index is 901. The van der Waals surface area contributed by atoms with Crippen LogP contribution in [0.5, 0.6) is 5.75 Å². The standard InChI is InChI=1S/C17H11Cl3O3S/c1-22-9-5-6-10-14(7-9)24-16(15(10)20)17(21)23-8-11-12(18)3-2-4-13(11)19/h2-7H,8H2,1H3. The number of carbonyl (C=O) groups is 1. The molecule has 3 rings (SSSR count). The van der Waals surface area contributed by atoms with Gasteiger partial charge >= 0.3 is 5.97 Å². The van der Waals surface area contributed by atoms with E-state index in [4.69, 9.17) is 44.3 Å². The molecule has 0 saturated heterocycles. The first-order valence-corrected chi connectivity index (χ1v) is 8.82. The molecule has 124 valence electrons. The molecule has 3 nitrogen and oxygen atoms in total. The molecular formula is C17H11Cl3O3S. The van der Waals surface area contributed by atoms with E-state index in [0.29, 0.717) is 31.3 Å². The Morgan fingerprint density at radius 2 is 1.83 bits per heavy atom. The maximum absolute atomic E-state index is 12.4. The Morgan fingerprint density at radius 1 is 1.12 bits per heavy atom. The van der Waals surface area contributed by atoms with Crippen LogP contribution in [0, 0.1) is 0 Å². The Balaban J connectivity index is 1.85. The number of hydrogen-bond acceptors (Lipinski definition) is 4. The minimum atomic E-state index is -0.517. The number of esters is 1. The Morgan fingerprint density at radius 3 is 2.50 bits per heavy atom. The lowest BCUT2D eigenvalue weighted by atomic mass is 10.2. The summed E-state index contributed by atoms with van der Waals surface area (Å²) >= 11 is 19.7. The lowest BCUT2D eigenvalue weighted by Crippen LogP contribution is -2.04. The van der Waals surface area contributed by atoms with E-state index in [2.05, 4.69) is 0 Å². The molecule has 0 atom stereocenters. The van der Waals surface area contributed by atoms with E-state index in [-0.39, 0.29) is 6.61 Å². The topological polar surface area (TPSA) is 35.5 Å². The largest absolute Gasteiger partial charge is 0.497 e. The number of rotatable bonds is 4. The molecule has 0 bridgehead atoms. The summed E-state index contributed by atoms with van der Waals surface area (Å²) < 4.78 is 11.4. The molecule has 0 spiro atoms. The third-order valence-electron chi connectivity index (χ3n) is 3.43. The van der Waals surface area contributed by atoms with Crippen LogP contribution in [0.4, 0.5) is 0 Å². The van der Waals surface area contributed by atoms with E-state index in [0.717, 1.165) is 10.1 Å². The van der Waals surface area contributed by atoms with Gasteiger partial charge in [-0.05, 0) is 30.3 Å². The SMILES string of the molecule is COc1ccc2c(Cl)c(C(=O)OCc3c(Cl)cccc3Cl)sc2c1. The van der Waals surface area contributed by atoms with Gasteiger partial charge in [0.25, 0.3) is 0 Å². The average Bonchev–Trinajstić information content (AvgIpc) is 2.90. The van der Waals surface area contributed by atoms with Gasteiger partial charge in [0.05, 0.1) is 12.1 Å². The minimum Gasteiger partial charge on any atom is -0.497 e. The van der Waals surface area contributed by atoms with Crippen molar-refractivity contribution in [2.24, 2.45) is 0 Å². The Kier molecular flexibility index (Phi) is 5.21. The fourth-order valence-corrected chi connectivity index (χ4v) is 4.11. The predicted molar refractivity (Wildman–Crippen MR) is 99.0 cm³/mol. The molecule has 0 saturated carbocycles. The smallest absolute Gasteiger partial charge is 0.350 e. The maximum Gasteiger partial charge on any atom is 0.350 e. The number of carbonyl (C=O) groups excluding carboxylic acids is 1. The Labute approximate surface area is 157 Å². The first kappa shape index (κ1) is 17.4. The quantitative estimate of drug-likeness (QED) is 0.486. The molecule has 3 aromatic rings. The third kappa shape index (κ3) is 3.33. The van der Waals surface area contributed by atoms with Crippen LogP contribution in [0.15, 0.2) is 36.4 Å². The number of hydrogen-bond donors (Lipinski definition) is 0. The van der Waals surface area contributed by atoms with Gasteiger partial charge in [-0.3, -0.25) is 0 Å². The third-order valence-corrected chi connectivity index (χ3v) is 5.78. The van der Waals surface area contributed by atoms with Crippen molar-refractivity contribution in [1.29, 1.82) is 0 Å². The summed E-state index contributed by atoms with van der Waals surface area (Å²) in [6, 6.07) is 10.5. The zero-order valence-electron chi connectivity index (χ0n) is 12.4. The normalized spacial score (nSPS) is 10.8. The second-order valence-electron chi connectivity index (χ2n) is 4.88. The van der Waals surface area contributed by atoms with Crippen LogP contribution < -0.4 is 4.74 Å². The lowest BCUT2D eigenvalue weighted by molar-refractivity contribution is 0.0479. The first-order valence-electron chi connectivity index (χ1n) is 6.87. The molecule has 0 aliphatic carbocycles. The van der Waals surface area contributed by atoms with Crippen molar-refractivity contribution in [2.45, 2.75) is 6.61 Å². The lowest BCUT2D eigenvalue weighted by Gasteiger charge is -2.07. The van der Waals surface area contributed by atoms with Gasteiger partial charge in [0.2, 0.25) is 0 Å². The van der Waals surface area contributed by atoms with Crippen LogP contribution in [-0.2, 0) is 11.3 Å². The molecule has 24 heavy (non-hydrogen) atoms. The van der Waals surface area contributed by atoms with E-state index >= 15 is 0 Å². The van der Waals surface area contributed by atoms with Crippen molar-refractivity contribution >= 4 is 62.2 Å². The van der Waals surface area contributed by atoms with Crippen LogP contribution in [0.3, 0.4) is 0 Å². The van der Waals surface area contributed by atoms with Crippen molar-refractivity contribution in [3.63, 3.8) is 0 Å². The van der Waals surface area contributed by atoms with Crippen molar-refractivity contribution < 1.29 is 14.3 Å². The predicted octanol–water partition coefficient (Wildman–Crippen LogP) is 6.23. The summed E-state index contributed by atoms with van der Waals surface area (Å²) in [7, 11) is 1.58. The summed E-state index contributed by atoms with van der Waals surface area (Å²) in [6.07, 6.45) is 0. The van der Waals surface area contributed by atoms with E-state index in [1.54, 1.807) is 31.4 Å². The highest BCUT2D eigenvalue weighted by Gasteiger charge is 2.19. The highest BCUT2D eigenvalue weighted by molar-refractivity contribution is 7.21. The highest BCUT2D eigenvalue weighted by atomic mass is 35.5. The van der Waals surface area contributed by atoms with Crippen molar-refractivity contribution in [3.05, 3.63) is 61.9 Å². The van der Waals surface area contributed by atoms with Gasteiger partial charge in [-0.1, -0.05) is 40.9 Å². The van der Waals surface area contributed by atoms with Gasteiger partial charge in [0.15, 0.2) is 0 Å². The van der Waals surface area contributed by atoms with Gasteiger partial charge in [-0.2, -0.15) is 0 Å². The molecular weight excluding hydrogens is 391 g/mol. The second kappa shape index (κ2) is 7.19. The molecule has 0 fully saturated rings. The Hall–Kier alpha value is -1.46. The summed E-state index contributed by atoms with van der Waals surface area (Å²) in [5, 5.41) is 2.04. The van der Waals surface area contributed by atoms with Crippen LogP contribution in [0.1, 0.15) is 15.2 Å². The van der Waals surface area contributed by atoms with Gasteiger partial charge in [-0.25, -0.2) is 4.79 Å². The maximum atomic E-state index is 12.4. The number of halogens is 3. The molecule has 0 unspecified atom stereocenters. The van der Waals surface area contributed by atoms with E-state index in [1.165, 1.54) is 11.3 Å². The van der Waals surface area contributed by atoms with Crippen LogP contribution in [-0.4, -0.2) is 13.1 Å². The molecule has 2 aromatic carbocycles. The number of thiophene rings is 1. The summed E-state index contributed by atoms with van der Waals surface area (Å²) in [5.74, 6) is 0.180.